The van der Waals surface area contributed by atoms with Crippen LogP contribution in [0.25, 0.3) is 27.8 Å². The van der Waals surface area contributed by atoms with Gasteiger partial charge in [0.1, 0.15) is 0 Å². The number of halogens is 6. The zero-order valence-corrected chi connectivity index (χ0v) is 36.6. The molecule has 7 heteroatoms. The van der Waals surface area contributed by atoms with Crippen LogP contribution >= 0.6 is 7.81 Å². The van der Waals surface area contributed by atoms with E-state index in [-0.39, 0.29) is 21.7 Å². The molecule has 0 fully saturated rings. The minimum atomic E-state index is -10.7. The summed E-state index contributed by atoms with van der Waals surface area (Å²) in [6, 6.07) is 40.5. The molecule has 0 spiro atoms. The van der Waals surface area contributed by atoms with E-state index < -0.39 is 7.81 Å². The fourth-order valence-electron chi connectivity index (χ4n) is 7.20. The first kappa shape index (κ1) is 44.4. The first-order valence-electron chi connectivity index (χ1n) is 19.5. The Morgan fingerprint density at radius 3 is 1.50 bits per heavy atom. The van der Waals surface area contributed by atoms with Gasteiger partial charge in [-0.3, -0.25) is 0 Å². The molecule has 0 heterocycles. The maximum absolute atomic E-state index is 10.7. The van der Waals surface area contributed by atoms with Crippen LogP contribution in [0.15, 0.2) is 115 Å². The van der Waals surface area contributed by atoms with Gasteiger partial charge >= 0.3 is 33.0 Å². The Hall–Kier alpha value is -4.72. The zero-order chi connectivity index (χ0) is 43.3. The molecule has 0 aromatic heterocycles. The second-order valence-corrected chi connectivity index (χ2v) is 21.3. The van der Waals surface area contributed by atoms with Crippen molar-refractivity contribution in [1.82, 2.24) is 0 Å². The summed E-state index contributed by atoms with van der Waals surface area (Å²) >= 11 is 0. The maximum atomic E-state index is 9.87. The van der Waals surface area contributed by atoms with E-state index in [0.717, 1.165) is 11.1 Å². The third kappa shape index (κ3) is 11.5. The summed E-state index contributed by atoms with van der Waals surface area (Å²) in [5, 5.41) is 0. The van der Waals surface area contributed by atoms with Gasteiger partial charge in [0.2, 0.25) is 0 Å². The quantitative estimate of drug-likeness (QED) is 0.0721. The van der Waals surface area contributed by atoms with Crippen LogP contribution in [0, 0.1) is 17.3 Å². The van der Waals surface area contributed by atoms with Crippen molar-refractivity contribution in [2.75, 3.05) is 0 Å². The van der Waals surface area contributed by atoms with Crippen molar-refractivity contribution in [2.45, 2.75) is 99.3 Å². The molecule has 3 aromatic carbocycles. The molecule has 0 aliphatic heterocycles. The number of fused-ring (bicyclic) bond motifs is 2. The third-order valence-electron chi connectivity index (χ3n) is 10.2. The molecule has 6 rings (SSSR count). The van der Waals surface area contributed by atoms with Crippen LogP contribution in [0.4, 0.5) is 25.2 Å². The van der Waals surface area contributed by atoms with Crippen LogP contribution < -0.4 is 0 Å². The van der Waals surface area contributed by atoms with Crippen molar-refractivity contribution in [3.63, 3.8) is 0 Å². The summed E-state index contributed by atoms with van der Waals surface area (Å²) in [4.78, 5) is 0. The van der Waals surface area contributed by atoms with Crippen LogP contribution in [-0.2, 0) is 16.2 Å². The van der Waals surface area contributed by atoms with Crippen molar-refractivity contribution in [1.29, 1.82) is 0 Å². The second kappa shape index (κ2) is 14.5. The fraction of sp³-hybridized carbons (Fsp3) is 0.314. The molecule has 0 atom stereocenters. The Balaban J connectivity index is 0.000000839. The summed E-state index contributed by atoms with van der Waals surface area (Å²) in [6.07, 6.45) is 2.49. The third-order valence-corrected chi connectivity index (χ3v) is 10.2. The Morgan fingerprint density at radius 2 is 1.02 bits per heavy atom. The van der Waals surface area contributed by atoms with E-state index in [2.05, 4.69) is 192 Å². The first-order valence-corrected chi connectivity index (χ1v) is 21.6. The van der Waals surface area contributed by atoms with Crippen LogP contribution in [0.1, 0.15) is 133 Å². The van der Waals surface area contributed by atoms with Gasteiger partial charge in [0.05, 0.1) is 28.8 Å². The van der Waals surface area contributed by atoms with Gasteiger partial charge in [0.25, 0.3) is 0 Å². The molecule has 0 saturated carbocycles. The zero-order valence-electron chi connectivity index (χ0n) is 35.7. The van der Waals surface area contributed by atoms with Crippen molar-refractivity contribution in [2.24, 2.45) is 5.41 Å². The van der Waals surface area contributed by atoms with E-state index in [1.54, 1.807) is 0 Å². The van der Waals surface area contributed by atoms with Crippen molar-refractivity contribution >= 4 is 24.5 Å². The summed E-state index contributed by atoms with van der Waals surface area (Å²) in [7, 11) is -10.7. The van der Waals surface area contributed by atoms with E-state index in [9.17, 15) is 25.2 Å². The predicted octanol–water partition coefficient (Wildman–Crippen LogP) is 17.1. The molecule has 0 bridgehead atoms. The van der Waals surface area contributed by atoms with Crippen molar-refractivity contribution in [3.8, 4) is 23.0 Å². The molecule has 0 amide bonds. The van der Waals surface area contributed by atoms with Crippen LogP contribution in [-0.4, -0.2) is 0 Å². The number of rotatable bonds is 2. The van der Waals surface area contributed by atoms with Crippen LogP contribution in [0.2, 0.25) is 0 Å². The predicted molar refractivity (Wildman–Crippen MR) is 236 cm³/mol. The summed E-state index contributed by atoms with van der Waals surface area (Å²) in [5.41, 5.74) is 17.7. The number of allylic oxidation sites excluding steroid dienone is 3. The molecule has 0 nitrogen and oxygen atoms in total. The normalized spacial score (nSPS) is 15.5. The van der Waals surface area contributed by atoms with E-state index in [1.165, 1.54) is 66.8 Å². The Bertz CT molecular complexity index is 2430. The standard InChI is InChI=1S/C51H55.F6P/c1-48(2,3)37-24-28-39-41(30-26-37)45(50(7,8)9)32-43(39)47(36-22-20-35(21-23-36)19-18-34-16-14-13-15-17-34)44-33-46(51(10,11)12)42-31-27-38(49(4,5)6)25-29-40(42)44;1-7(2,3,4,5)6/h13-17,20-33H,1-12H3;/q+1;-1/b47-43+;. The van der Waals surface area contributed by atoms with Crippen molar-refractivity contribution < 1.29 is 25.2 Å². The fourth-order valence-corrected chi connectivity index (χ4v) is 7.20. The van der Waals surface area contributed by atoms with Gasteiger partial charge in [0, 0.05) is 34.2 Å². The molecule has 306 valence electrons. The molecule has 0 saturated heterocycles. The van der Waals surface area contributed by atoms with E-state index in [0.29, 0.717) is 0 Å². The number of hydrogen-bond acceptors (Lipinski definition) is 0. The number of hydrogen-bond donors (Lipinski definition) is 0. The first-order chi connectivity index (χ1) is 26.3. The van der Waals surface area contributed by atoms with Gasteiger partial charge in [0.15, 0.2) is 0 Å². The summed E-state index contributed by atoms with van der Waals surface area (Å²) < 4.78 is 59.2. The monoisotopic (exact) mass is 812 g/mol. The molecule has 0 radical (unpaired) electrons. The molecular weight excluding hydrogens is 758 g/mol. The summed E-state index contributed by atoms with van der Waals surface area (Å²) in [5.74, 6) is 6.75. The molecule has 0 N–H and O–H groups in total. The molecule has 3 aliphatic rings. The Morgan fingerprint density at radius 1 is 0.517 bits per heavy atom. The molecule has 3 aromatic rings. The second-order valence-electron chi connectivity index (χ2n) is 19.4. The van der Waals surface area contributed by atoms with Gasteiger partial charge in [-0.15, -0.1) is 0 Å². The molecular formula is C51H55F6P. The molecule has 58 heavy (non-hydrogen) atoms. The molecule has 3 aliphatic carbocycles. The summed E-state index contributed by atoms with van der Waals surface area (Å²) in [6.45, 7) is 27.8. The van der Waals surface area contributed by atoms with Crippen LogP contribution in [0.5, 0.6) is 0 Å². The Labute approximate surface area is 341 Å². The van der Waals surface area contributed by atoms with Gasteiger partial charge in [-0.05, 0) is 118 Å². The van der Waals surface area contributed by atoms with Gasteiger partial charge in [-0.25, -0.2) is 0 Å². The topological polar surface area (TPSA) is 0 Å². The van der Waals surface area contributed by atoms with E-state index in [4.69, 9.17) is 0 Å². The van der Waals surface area contributed by atoms with Gasteiger partial charge < -0.3 is 0 Å². The SMILES string of the molecule is CC(C)(C)C1=C/C(=C(/c2ccc(C#Cc3ccccc3)cc2)c2cc(C(C)(C)C)c3ccc(C(C)(C)C)ccc2-3)c2cc[c+](C(C)(C)C)ccc21.F[P-](F)(F)(F)(F)F. The van der Waals surface area contributed by atoms with E-state index in [1.807, 2.05) is 18.2 Å². The average Bonchev–Trinajstić information content (AvgIpc) is 3.40. The average molecular weight is 813 g/mol. The van der Waals surface area contributed by atoms with Gasteiger partial charge in [-0.2, -0.15) is 0 Å². The number of benzene rings is 2. The minimum absolute atomic E-state index is 0.0343. The molecule has 0 unspecified atom stereocenters. The van der Waals surface area contributed by atoms with E-state index >= 15 is 0 Å². The van der Waals surface area contributed by atoms with Crippen LogP contribution in [0.3, 0.4) is 0 Å². The Kier molecular flexibility index (Phi) is 11.1. The van der Waals surface area contributed by atoms with Crippen molar-refractivity contribution in [3.05, 3.63) is 165 Å². The van der Waals surface area contributed by atoms with Gasteiger partial charge in [-0.1, -0.05) is 129 Å².